The molecule has 0 bridgehead atoms. The van der Waals surface area contributed by atoms with E-state index in [2.05, 4.69) is 28.0 Å². The Hall–Kier alpha value is -2.76. The van der Waals surface area contributed by atoms with Crippen molar-refractivity contribution in [1.29, 1.82) is 0 Å². The highest BCUT2D eigenvalue weighted by Gasteiger charge is 2.23. The number of piperidine rings is 1. The lowest BCUT2D eigenvalue weighted by atomic mass is 9.99. The molecule has 6 heteroatoms. The van der Waals surface area contributed by atoms with E-state index in [0.29, 0.717) is 5.92 Å². The maximum Gasteiger partial charge on any atom is 0.157 e. The second-order valence-corrected chi connectivity index (χ2v) is 7.00. The average molecular weight is 366 g/mol. The van der Waals surface area contributed by atoms with Crippen LogP contribution in [0, 0.1) is 5.92 Å². The molecule has 3 heterocycles. The van der Waals surface area contributed by atoms with Crippen LogP contribution in [0.5, 0.6) is 11.5 Å². The summed E-state index contributed by atoms with van der Waals surface area (Å²) in [5.74, 6) is 3.36. The Balaban J connectivity index is 1.45. The van der Waals surface area contributed by atoms with Gasteiger partial charge in [-0.3, -0.25) is 0 Å². The molecular formula is C21H26N4O2. The zero-order chi connectivity index (χ0) is 18.6. The molecule has 0 N–H and O–H groups in total. The van der Waals surface area contributed by atoms with Gasteiger partial charge in [-0.2, -0.15) is 9.61 Å². The first kappa shape index (κ1) is 17.6. The number of methoxy groups -OCH3 is 1. The van der Waals surface area contributed by atoms with Crippen LogP contribution in [0.15, 0.2) is 42.6 Å². The van der Waals surface area contributed by atoms with Gasteiger partial charge < -0.3 is 14.4 Å². The highest BCUT2D eigenvalue weighted by atomic mass is 16.5. The van der Waals surface area contributed by atoms with Gasteiger partial charge in [0.25, 0.3) is 0 Å². The minimum atomic E-state index is 0.490. The van der Waals surface area contributed by atoms with Crippen molar-refractivity contribution in [2.45, 2.75) is 26.2 Å². The quantitative estimate of drug-likeness (QED) is 0.667. The Labute approximate surface area is 159 Å². The van der Waals surface area contributed by atoms with Crippen LogP contribution in [0.25, 0.3) is 5.65 Å². The highest BCUT2D eigenvalue weighted by Crippen LogP contribution is 2.25. The fraction of sp³-hybridized carbons (Fsp3) is 0.429. The lowest BCUT2D eigenvalue weighted by Crippen LogP contribution is -2.39. The number of benzene rings is 1. The molecule has 0 amide bonds. The molecule has 0 aliphatic carbocycles. The monoisotopic (exact) mass is 366 g/mol. The number of aryl methyl sites for hydroxylation is 1. The molecule has 2 aromatic heterocycles. The molecule has 1 fully saturated rings. The van der Waals surface area contributed by atoms with Crippen molar-refractivity contribution in [3.05, 3.63) is 48.3 Å². The zero-order valence-corrected chi connectivity index (χ0v) is 16.0. The third-order valence-electron chi connectivity index (χ3n) is 5.14. The van der Waals surface area contributed by atoms with Crippen LogP contribution in [-0.4, -0.2) is 41.4 Å². The summed E-state index contributed by atoms with van der Waals surface area (Å²) in [7, 11) is 1.67. The van der Waals surface area contributed by atoms with Crippen LogP contribution < -0.4 is 14.4 Å². The van der Waals surface area contributed by atoms with Gasteiger partial charge in [-0.05, 0) is 43.5 Å². The van der Waals surface area contributed by atoms with E-state index in [4.69, 9.17) is 9.47 Å². The minimum absolute atomic E-state index is 0.490. The number of nitrogens with zero attached hydrogens (tertiary/aromatic N) is 4. The largest absolute Gasteiger partial charge is 0.497 e. The Morgan fingerprint density at radius 3 is 2.74 bits per heavy atom. The summed E-state index contributed by atoms with van der Waals surface area (Å²) in [5, 5.41) is 4.47. The van der Waals surface area contributed by atoms with Gasteiger partial charge >= 0.3 is 0 Å². The standard InChI is InChI=1S/C21H26N4O2/c1-3-17-13-21(25-20(23-17)10-11-22-25)24-12-4-5-16(14-24)15-27-19-8-6-18(26-2)7-9-19/h6-11,13,16H,3-5,12,14-15H2,1-2H3. The number of ether oxygens (including phenoxy) is 2. The van der Waals surface area contributed by atoms with Gasteiger partial charge in [0.1, 0.15) is 17.3 Å². The van der Waals surface area contributed by atoms with Crippen molar-refractivity contribution < 1.29 is 9.47 Å². The second kappa shape index (κ2) is 7.86. The number of hydrogen-bond donors (Lipinski definition) is 0. The van der Waals surface area contributed by atoms with E-state index in [1.54, 1.807) is 7.11 Å². The third kappa shape index (κ3) is 3.84. The molecule has 0 radical (unpaired) electrons. The van der Waals surface area contributed by atoms with Crippen LogP contribution in [0.3, 0.4) is 0 Å². The molecule has 1 aliphatic heterocycles. The smallest absolute Gasteiger partial charge is 0.157 e. The van der Waals surface area contributed by atoms with Crippen molar-refractivity contribution in [2.24, 2.45) is 5.92 Å². The van der Waals surface area contributed by atoms with E-state index in [1.165, 1.54) is 6.42 Å². The molecule has 1 atom stereocenters. The van der Waals surface area contributed by atoms with Crippen LogP contribution in [0.2, 0.25) is 0 Å². The van der Waals surface area contributed by atoms with Crippen LogP contribution in [-0.2, 0) is 6.42 Å². The molecule has 142 valence electrons. The molecule has 6 nitrogen and oxygen atoms in total. The summed E-state index contributed by atoms with van der Waals surface area (Å²) in [4.78, 5) is 7.08. The van der Waals surface area contributed by atoms with Gasteiger partial charge in [0.2, 0.25) is 0 Å². The normalized spacial score (nSPS) is 17.3. The van der Waals surface area contributed by atoms with Crippen molar-refractivity contribution in [1.82, 2.24) is 14.6 Å². The van der Waals surface area contributed by atoms with E-state index >= 15 is 0 Å². The van der Waals surface area contributed by atoms with Crippen molar-refractivity contribution >= 4 is 11.5 Å². The summed E-state index contributed by atoms with van der Waals surface area (Å²) in [5.41, 5.74) is 2.02. The third-order valence-corrected chi connectivity index (χ3v) is 5.14. The highest BCUT2D eigenvalue weighted by molar-refractivity contribution is 5.51. The van der Waals surface area contributed by atoms with Gasteiger partial charge in [0.05, 0.1) is 19.9 Å². The maximum atomic E-state index is 6.03. The predicted molar refractivity (Wildman–Crippen MR) is 106 cm³/mol. The fourth-order valence-electron chi connectivity index (χ4n) is 3.65. The summed E-state index contributed by atoms with van der Waals surface area (Å²) in [6.45, 7) is 4.87. The first-order valence-electron chi connectivity index (χ1n) is 9.62. The molecule has 1 unspecified atom stereocenters. The van der Waals surface area contributed by atoms with Gasteiger partial charge in [0.15, 0.2) is 5.65 Å². The number of fused-ring (bicyclic) bond motifs is 1. The van der Waals surface area contributed by atoms with E-state index in [-0.39, 0.29) is 0 Å². The number of hydrogen-bond acceptors (Lipinski definition) is 5. The van der Waals surface area contributed by atoms with Crippen molar-refractivity contribution in [3.63, 3.8) is 0 Å². The Bertz CT molecular complexity index is 891. The molecule has 3 aromatic rings. The predicted octanol–water partition coefficient (Wildman–Crippen LogP) is 3.60. The first-order valence-corrected chi connectivity index (χ1v) is 9.62. The molecule has 1 aromatic carbocycles. The molecule has 1 aliphatic rings. The molecule has 1 saturated heterocycles. The van der Waals surface area contributed by atoms with E-state index in [1.807, 2.05) is 41.0 Å². The Morgan fingerprint density at radius 1 is 1.15 bits per heavy atom. The molecule has 4 rings (SSSR count). The molecule has 0 spiro atoms. The maximum absolute atomic E-state index is 6.03. The van der Waals surface area contributed by atoms with Gasteiger partial charge in [-0.25, -0.2) is 4.98 Å². The lowest BCUT2D eigenvalue weighted by Gasteiger charge is -2.34. The van der Waals surface area contributed by atoms with Crippen LogP contribution >= 0.6 is 0 Å². The topological polar surface area (TPSA) is 51.9 Å². The van der Waals surface area contributed by atoms with Crippen LogP contribution in [0.1, 0.15) is 25.5 Å². The van der Waals surface area contributed by atoms with Gasteiger partial charge in [0, 0.05) is 36.8 Å². The van der Waals surface area contributed by atoms with Crippen molar-refractivity contribution in [3.8, 4) is 11.5 Å². The van der Waals surface area contributed by atoms with Gasteiger partial charge in [-0.15, -0.1) is 0 Å². The van der Waals surface area contributed by atoms with E-state index in [9.17, 15) is 0 Å². The zero-order valence-electron chi connectivity index (χ0n) is 16.0. The SMILES string of the molecule is CCc1cc(N2CCCC(COc3ccc(OC)cc3)C2)n2nccc2n1. The lowest BCUT2D eigenvalue weighted by molar-refractivity contribution is 0.228. The molecular weight excluding hydrogens is 340 g/mol. The average Bonchev–Trinajstić information content (AvgIpc) is 3.20. The van der Waals surface area contributed by atoms with Gasteiger partial charge in [-0.1, -0.05) is 6.92 Å². The minimum Gasteiger partial charge on any atom is -0.497 e. The Kier molecular flexibility index (Phi) is 5.14. The summed E-state index contributed by atoms with van der Waals surface area (Å²) in [6, 6.07) is 11.9. The van der Waals surface area contributed by atoms with E-state index < -0.39 is 0 Å². The summed E-state index contributed by atoms with van der Waals surface area (Å²) >= 11 is 0. The number of aromatic nitrogens is 3. The fourth-order valence-corrected chi connectivity index (χ4v) is 3.65. The summed E-state index contributed by atoms with van der Waals surface area (Å²) in [6.07, 6.45) is 5.08. The van der Waals surface area contributed by atoms with Crippen molar-refractivity contribution in [2.75, 3.05) is 31.7 Å². The summed E-state index contributed by atoms with van der Waals surface area (Å²) < 4.78 is 13.2. The first-order chi connectivity index (χ1) is 13.3. The molecule has 0 saturated carbocycles. The number of anilines is 1. The second-order valence-electron chi connectivity index (χ2n) is 7.00. The molecule has 27 heavy (non-hydrogen) atoms. The van der Waals surface area contributed by atoms with E-state index in [0.717, 1.165) is 61.2 Å². The van der Waals surface area contributed by atoms with Crippen LogP contribution in [0.4, 0.5) is 5.82 Å². The number of rotatable bonds is 6. The Morgan fingerprint density at radius 2 is 1.96 bits per heavy atom.